The Bertz CT molecular complexity index is 950. The number of thiazole rings is 1. The number of carbonyl (C=O) groups excluding carboxylic acids is 3. The number of esters is 1. The molecule has 7 nitrogen and oxygen atoms in total. The normalized spacial score (nSPS) is 37.0. The van der Waals surface area contributed by atoms with Crippen LogP contribution in [0.5, 0.6) is 0 Å². The zero-order valence-corrected chi connectivity index (χ0v) is 17.5. The summed E-state index contributed by atoms with van der Waals surface area (Å²) < 4.78 is 4.94. The van der Waals surface area contributed by atoms with Gasteiger partial charge in [0.05, 0.1) is 23.5 Å². The quantitative estimate of drug-likeness (QED) is 0.587. The van der Waals surface area contributed by atoms with Gasteiger partial charge in [0.15, 0.2) is 0 Å². The lowest BCUT2D eigenvalue weighted by Crippen LogP contribution is -2.48. The number of nitrogens with one attached hydrogen (secondary N) is 1. The second-order valence-corrected chi connectivity index (χ2v) is 10.9. The Labute approximate surface area is 170 Å². The van der Waals surface area contributed by atoms with Crippen LogP contribution in [0.25, 0.3) is 0 Å². The maximum atomic E-state index is 13.1. The first-order valence-corrected chi connectivity index (χ1v) is 11.4. The molecular weight excluding hydrogens is 400 g/mol. The number of aromatic nitrogens is 1. The first kappa shape index (κ1) is 18.4. The van der Waals surface area contributed by atoms with Crippen LogP contribution in [-0.2, 0) is 24.5 Å². The van der Waals surface area contributed by atoms with Crippen molar-refractivity contribution in [3.05, 3.63) is 14.5 Å². The molecule has 2 saturated carbocycles. The van der Waals surface area contributed by atoms with Crippen molar-refractivity contribution in [1.82, 2.24) is 9.88 Å². The van der Waals surface area contributed by atoms with E-state index in [4.69, 9.17) is 4.74 Å². The molecule has 2 amide bonds. The number of carbonyl (C=O) groups is 3. The zero-order chi connectivity index (χ0) is 20.0. The van der Waals surface area contributed by atoms with E-state index in [1.54, 1.807) is 18.7 Å². The highest BCUT2D eigenvalue weighted by Crippen LogP contribution is 2.68. The molecule has 1 saturated heterocycles. The molecular formula is C19H22N2O5S2. The van der Waals surface area contributed by atoms with Crippen molar-refractivity contribution in [3.63, 3.8) is 0 Å². The standard InChI is InChI=1S/C19H22N2O5S2/c1-4-26-9(22)6-21-16(23)10-7-5-8(11(10)17(21)24)13-12(7)19(2,3)14-15(27-13)20-18(25)28-14/h7-8,10-13H,4-6H2,1-3H3,(H,20,25)/t7-,8-,10+,11+,12-,13-/m1/s1. The number of likely N-dealkylation sites (tertiary alicyclic amines) is 1. The number of imide groups is 1. The van der Waals surface area contributed by atoms with E-state index in [0.717, 1.165) is 21.2 Å². The second-order valence-electron chi connectivity index (χ2n) is 8.69. The van der Waals surface area contributed by atoms with E-state index in [2.05, 4.69) is 18.8 Å². The van der Waals surface area contributed by atoms with Gasteiger partial charge in [0.2, 0.25) is 11.8 Å². The third-order valence-corrected chi connectivity index (χ3v) is 9.88. The summed E-state index contributed by atoms with van der Waals surface area (Å²) in [7, 11) is 0. The van der Waals surface area contributed by atoms with Crippen LogP contribution in [0.15, 0.2) is 9.82 Å². The minimum absolute atomic E-state index is 0.0501. The van der Waals surface area contributed by atoms with Gasteiger partial charge in [-0.1, -0.05) is 25.2 Å². The Kier molecular flexibility index (Phi) is 3.91. The SMILES string of the molecule is CCOC(=O)CN1C(=O)[C@H]2[C@H]3C[C@@H]([C@H]4Sc5[nH]c(=O)sc5C(C)(C)[C@H]34)[C@@H]2C1=O. The van der Waals surface area contributed by atoms with Crippen LogP contribution in [0.1, 0.15) is 32.1 Å². The van der Waals surface area contributed by atoms with Gasteiger partial charge in [0, 0.05) is 15.5 Å². The predicted octanol–water partition coefficient (Wildman–Crippen LogP) is 1.62. The maximum absolute atomic E-state index is 13.1. The van der Waals surface area contributed by atoms with Crippen LogP contribution in [0.3, 0.4) is 0 Å². The second kappa shape index (κ2) is 5.95. The number of rotatable bonds is 3. The van der Waals surface area contributed by atoms with E-state index >= 15 is 0 Å². The van der Waals surface area contributed by atoms with Gasteiger partial charge in [0.1, 0.15) is 6.54 Å². The van der Waals surface area contributed by atoms with Crippen LogP contribution in [-0.4, -0.2) is 46.1 Å². The Morgan fingerprint density at radius 1 is 1.21 bits per heavy atom. The van der Waals surface area contributed by atoms with E-state index in [0.29, 0.717) is 0 Å². The van der Waals surface area contributed by atoms with Crippen molar-refractivity contribution in [1.29, 1.82) is 0 Å². The summed E-state index contributed by atoms with van der Waals surface area (Å²) in [5.74, 6) is -1.22. The number of amides is 2. The van der Waals surface area contributed by atoms with Crippen LogP contribution >= 0.6 is 23.1 Å². The number of ether oxygens (including phenoxy) is 1. The van der Waals surface area contributed by atoms with E-state index < -0.39 is 5.97 Å². The Balaban J connectivity index is 1.49. The van der Waals surface area contributed by atoms with Gasteiger partial charge in [-0.2, -0.15) is 0 Å². The largest absolute Gasteiger partial charge is 0.465 e. The van der Waals surface area contributed by atoms with Gasteiger partial charge in [0.25, 0.3) is 0 Å². The molecule has 28 heavy (non-hydrogen) atoms. The van der Waals surface area contributed by atoms with Crippen molar-refractivity contribution >= 4 is 40.9 Å². The van der Waals surface area contributed by atoms with Crippen LogP contribution in [0.4, 0.5) is 0 Å². The highest BCUT2D eigenvalue weighted by Gasteiger charge is 2.70. The van der Waals surface area contributed by atoms with Crippen molar-refractivity contribution in [2.24, 2.45) is 29.6 Å². The molecule has 2 aliphatic heterocycles. The van der Waals surface area contributed by atoms with Crippen LogP contribution in [0.2, 0.25) is 0 Å². The summed E-state index contributed by atoms with van der Waals surface area (Å²) in [4.78, 5) is 55.1. The van der Waals surface area contributed by atoms with Gasteiger partial charge in [-0.3, -0.25) is 24.1 Å². The average molecular weight is 423 g/mol. The first-order valence-electron chi connectivity index (χ1n) is 9.66. The molecule has 0 unspecified atom stereocenters. The molecule has 2 aliphatic carbocycles. The number of aromatic amines is 1. The fourth-order valence-electron chi connectivity index (χ4n) is 6.21. The number of hydrogen-bond donors (Lipinski definition) is 1. The minimum Gasteiger partial charge on any atom is -0.465 e. The average Bonchev–Trinajstić information content (AvgIpc) is 3.33. The molecule has 4 aliphatic rings. The molecule has 0 aromatic carbocycles. The van der Waals surface area contributed by atoms with Gasteiger partial charge >= 0.3 is 10.8 Å². The predicted molar refractivity (Wildman–Crippen MR) is 103 cm³/mol. The number of thioether (sulfide) groups is 1. The highest BCUT2D eigenvalue weighted by molar-refractivity contribution is 8.00. The van der Waals surface area contributed by atoms with E-state index in [-0.39, 0.29) is 70.1 Å². The molecule has 150 valence electrons. The van der Waals surface area contributed by atoms with Gasteiger partial charge in [-0.05, 0) is 31.1 Å². The lowest BCUT2D eigenvalue weighted by atomic mass is 9.64. The molecule has 9 heteroatoms. The summed E-state index contributed by atoms with van der Waals surface area (Å²) in [6.07, 6.45) is 0.866. The fourth-order valence-corrected chi connectivity index (χ4v) is 9.36. The van der Waals surface area contributed by atoms with E-state index in [1.165, 1.54) is 11.3 Å². The summed E-state index contributed by atoms with van der Waals surface area (Å²) >= 11 is 2.93. The summed E-state index contributed by atoms with van der Waals surface area (Å²) in [5, 5.41) is 1.13. The minimum atomic E-state index is -0.539. The molecule has 0 spiro atoms. The fraction of sp³-hybridized carbons (Fsp3) is 0.684. The Hall–Kier alpha value is -1.61. The zero-order valence-electron chi connectivity index (χ0n) is 15.9. The Morgan fingerprint density at radius 2 is 1.89 bits per heavy atom. The van der Waals surface area contributed by atoms with Crippen molar-refractivity contribution in [2.45, 2.75) is 42.9 Å². The molecule has 5 rings (SSSR count). The third kappa shape index (κ3) is 2.23. The van der Waals surface area contributed by atoms with Crippen LogP contribution in [0, 0.1) is 29.6 Å². The number of fused-ring (bicyclic) bond motifs is 9. The molecule has 2 bridgehead atoms. The number of H-pyrrole nitrogens is 1. The lowest BCUT2D eigenvalue weighted by molar-refractivity contribution is -0.153. The van der Waals surface area contributed by atoms with Gasteiger partial charge < -0.3 is 9.72 Å². The molecule has 3 heterocycles. The smallest absolute Gasteiger partial charge is 0.326 e. The number of nitrogens with zero attached hydrogens (tertiary/aromatic N) is 1. The maximum Gasteiger partial charge on any atom is 0.326 e. The van der Waals surface area contributed by atoms with Crippen molar-refractivity contribution < 1.29 is 19.1 Å². The highest BCUT2D eigenvalue weighted by atomic mass is 32.2. The van der Waals surface area contributed by atoms with Crippen molar-refractivity contribution in [2.75, 3.05) is 13.2 Å². The summed E-state index contributed by atoms with van der Waals surface area (Å²) in [5.41, 5.74) is -0.225. The number of hydrogen-bond acceptors (Lipinski definition) is 7. The van der Waals surface area contributed by atoms with E-state index in [9.17, 15) is 19.2 Å². The molecule has 1 aromatic heterocycles. The van der Waals surface area contributed by atoms with Crippen molar-refractivity contribution in [3.8, 4) is 0 Å². The summed E-state index contributed by atoms with van der Waals surface area (Å²) in [6, 6.07) is 0. The first-order chi connectivity index (χ1) is 13.3. The molecule has 6 atom stereocenters. The van der Waals surface area contributed by atoms with E-state index in [1.807, 2.05) is 0 Å². The topological polar surface area (TPSA) is 96.5 Å². The van der Waals surface area contributed by atoms with Gasteiger partial charge in [-0.25, -0.2) is 0 Å². The van der Waals surface area contributed by atoms with Crippen LogP contribution < -0.4 is 4.87 Å². The third-order valence-electron chi connectivity index (χ3n) is 7.07. The molecule has 1 N–H and O–H groups in total. The van der Waals surface area contributed by atoms with Gasteiger partial charge in [-0.15, -0.1) is 11.8 Å². The molecule has 1 aromatic rings. The monoisotopic (exact) mass is 422 g/mol. The summed E-state index contributed by atoms with van der Waals surface area (Å²) in [6.45, 7) is 5.95. The Morgan fingerprint density at radius 3 is 2.57 bits per heavy atom. The molecule has 0 radical (unpaired) electrons. The lowest BCUT2D eigenvalue weighted by Gasteiger charge is -2.47. The molecule has 3 fully saturated rings.